The molecule has 0 aliphatic carbocycles. The van der Waals surface area contributed by atoms with E-state index in [4.69, 9.17) is 4.74 Å². The number of pyridine rings is 1. The minimum Gasteiger partial charge on any atom is -0.380 e. The average Bonchev–Trinajstić information content (AvgIpc) is 2.89. The van der Waals surface area contributed by atoms with Crippen molar-refractivity contribution < 1.29 is 4.74 Å². The molecule has 19 heavy (non-hydrogen) atoms. The van der Waals surface area contributed by atoms with E-state index < -0.39 is 0 Å². The van der Waals surface area contributed by atoms with Crippen molar-refractivity contribution in [3.63, 3.8) is 0 Å². The van der Waals surface area contributed by atoms with Crippen molar-refractivity contribution in [2.45, 2.75) is 39.3 Å². The van der Waals surface area contributed by atoms with Crippen LogP contribution < -0.4 is 10.2 Å². The summed E-state index contributed by atoms with van der Waals surface area (Å²) in [5.74, 6) is 0. The molecule has 1 fully saturated rings. The first-order valence-corrected chi connectivity index (χ1v) is 7.18. The molecule has 1 aromatic rings. The van der Waals surface area contributed by atoms with E-state index in [9.17, 15) is 0 Å². The number of hydrogen-bond donors (Lipinski definition) is 1. The number of nitrogens with zero attached hydrogens (tertiary/aromatic N) is 2. The van der Waals surface area contributed by atoms with Gasteiger partial charge in [0.15, 0.2) is 0 Å². The maximum atomic E-state index is 5.46. The molecule has 1 aromatic heterocycles. The van der Waals surface area contributed by atoms with Crippen molar-refractivity contribution in [1.82, 2.24) is 10.3 Å². The second-order valence-corrected chi connectivity index (χ2v) is 5.22. The normalized spacial score (nSPS) is 19.1. The van der Waals surface area contributed by atoms with E-state index >= 15 is 0 Å². The smallest absolute Gasteiger partial charge is 0.0762 e. The van der Waals surface area contributed by atoms with Crippen molar-refractivity contribution in [2.24, 2.45) is 0 Å². The Labute approximate surface area is 116 Å². The van der Waals surface area contributed by atoms with Gasteiger partial charge in [-0.05, 0) is 32.4 Å². The zero-order valence-corrected chi connectivity index (χ0v) is 12.3. The molecule has 106 valence electrons. The van der Waals surface area contributed by atoms with Crippen molar-refractivity contribution in [3.05, 3.63) is 23.5 Å². The third-order valence-corrected chi connectivity index (χ3v) is 3.66. The summed E-state index contributed by atoms with van der Waals surface area (Å²) in [7, 11) is 1.80. The van der Waals surface area contributed by atoms with Crippen LogP contribution in [-0.2, 0) is 11.3 Å². The molecule has 0 radical (unpaired) electrons. The first-order chi connectivity index (χ1) is 9.24. The number of anilines is 1. The van der Waals surface area contributed by atoms with Gasteiger partial charge in [0.1, 0.15) is 0 Å². The highest BCUT2D eigenvalue weighted by Crippen LogP contribution is 2.25. The second-order valence-electron chi connectivity index (χ2n) is 5.22. The molecule has 2 rings (SSSR count). The van der Waals surface area contributed by atoms with E-state index in [0.717, 1.165) is 44.7 Å². The predicted octanol–water partition coefficient (Wildman–Crippen LogP) is 2.11. The summed E-state index contributed by atoms with van der Waals surface area (Å²) in [5.41, 5.74) is 3.68. The van der Waals surface area contributed by atoms with Crippen LogP contribution in [0.1, 0.15) is 31.0 Å². The summed E-state index contributed by atoms with van der Waals surface area (Å²) < 4.78 is 5.46. The Bertz CT molecular complexity index is 408. The standard InChI is InChI=1S/C15H25N3O/c1-4-6-16-9-13-10-17-12(2)8-15(13)18-7-5-14(11-18)19-3/h8,10,14,16H,4-7,9,11H2,1-3H3. The monoisotopic (exact) mass is 263 g/mol. The Kier molecular flexibility index (Phi) is 5.16. The van der Waals surface area contributed by atoms with Gasteiger partial charge >= 0.3 is 0 Å². The first kappa shape index (κ1) is 14.3. The van der Waals surface area contributed by atoms with Crippen LogP contribution in [0.4, 0.5) is 5.69 Å². The molecule has 2 heterocycles. The fourth-order valence-corrected chi connectivity index (χ4v) is 2.54. The molecule has 4 nitrogen and oxygen atoms in total. The van der Waals surface area contributed by atoms with Gasteiger partial charge in [0.2, 0.25) is 0 Å². The first-order valence-electron chi connectivity index (χ1n) is 7.18. The van der Waals surface area contributed by atoms with Gasteiger partial charge in [-0.3, -0.25) is 4.98 Å². The van der Waals surface area contributed by atoms with E-state index in [-0.39, 0.29) is 0 Å². The van der Waals surface area contributed by atoms with E-state index in [1.54, 1.807) is 7.11 Å². The third-order valence-electron chi connectivity index (χ3n) is 3.66. The molecular weight excluding hydrogens is 238 g/mol. The summed E-state index contributed by atoms with van der Waals surface area (Å²) in [6.07, 6.45) is 4.64. The maximum absolute atomic E-state index is 5.46. The lowest BCUT2D eigenvalue weighted by atomic mass is 10.2. The summed E-state index contributed by atoms with van der Waals surface area (Å²) in [4.78, 5) is 6.85. The van der Waals surface area contributed by atoms with Gasteiger partial charge < -0.3 is 15.0 Å². The van der Waals surface area contributed by atoms with Gasteiger partial charge in [0.25, 0.3) is 0 Å². The topological polar surface area (TPSA) is 37.4 Å². The number of methoxy groups -OCH3 is 1. The summed E-state index contributed by atoms with van der Waals surface area (Å²) in [6.45, 7) is 8.24. The van der Waals surface area contributed by atoms with Gasteiger partial charge in [0, 0.05) is 49.9 Å². The SMILES string of the molecule is CCCNCc1cnc(C)cc1N1CCC(OC)C1. The molecular formula is C15H25N3O. The molecule has 0 aromatic carbocycles. The Balaban J connectivity index is 2.11. The fraction of sp³-hybridized carbons (Fsp3) is 0.667. The molecule has 1 atom stereocenters. The van der Waals surface area contributed by atoms with E-state index in [0.29, 0.717) is 6.10 Å². The molecule has 1 aliphatic heterocycles. The number of hydrogen-bond acceptors (Lipinski definition) is 4. The van der Waals surface area contributed by atoms with E-state index in [1.807, 2.05) is 6.20 Å². The Morgan fingerprint density at radius 2 is 2.37 bits per heavy atom. The summed E-state index contributed by atoms with van der Waals surface area (Å²) in [5, 5.41) is 3.46. The zero-order valence-electron chi connectivity index (χ0n) is 12.3. The van der Waals surface area contributed by atoms with Gasteiger partial charge in [-0.15, -0.1) is 0 Å². The quantitative estimate of drug-likeness (QED) is 0.798. The van der Waals surface area contributed by atoms with Crippen molar-refractivity contribution in [3.8, 4) is 0 Å². The molecule has 0 bridgehead atoms. The van der Waals surface area contributed by atoms with Gasteiger partial charge in [0.05, 0.1) is 6.10 Å². The van der Waals surface area contributed by atoms with Crippen LogP contribution in [-0.4, -0.2) is 37.8 Å². The lowest BCUT2D eigenvalue weighted by molar-refractivity contribution is 0.121. The van der Waals surface area contributed by atoms with E-state index in [2.05, 4.69) is 35.1 Å². The predicted molar refractivity (Wildman–Crippen MR) is 78.6 cm³/mol. The van der Waals surface area contributed by atoms with Crippen LogP contribution in [0.15, 0.2) is 12.3 Å². The van der Waals surface area contributed by atoms with Gasteiger partial charge in [-0.1, -0.05) is 6.92 Å². The number of rotatable bonds is 6. The van der Waals surface area contributed by atoms with Gasteiger partial charge in [-0.25, -0.2) is 0 Å². The highest BCUT2D eigenvalue weighted by molar-refractivity contribution is 5.54. The molecule has 1 unspecified atom stereocenters. The minimum atomic E-state index is 0.366. The van der Waals surface area contributed by atoms with Crippen LogP contribution >= 0.6 is 0 Å². The third kappa shape index (κ3) is 3.67. The molecule has 0 saturated carbocycles. The molecule has 0 amide bonds. The fourth-order valence-electron chi connectivity index (χ4n) is 2.54. The molecule has 1 saturated heterocycles. The Morgan fingerprint density at radius 1 is 1.53 bits per heavy atom. The number of aromatic nitrogens is 1. The maximum Gasteiger partial charge on any atom is 0.0762 e. The summed E-state index contributed by atoms with van der Waals surface area (Å²) >= 11 is 0. The van der Waals surface area contributed by atoms with Crippen LogP contribution in [0, 0.1) is 6.92 Å². The minimum absolute atomic E-state index is 0.366. The van der Waals surface area contributed by atoms with Crippen LogP contribution in [0.5, 0.6) is 0 Å². The highest BCUT2D eigenvalue weighted by Gasteiger charge is 2.24. The highest BCUT2D eigenvalue weighted by atomic mass is 16.5. The largest absolute Gasteiger partial charge is 0.380 e. The van der Waals surface area contributed by atoms with Crippen LogP contribution in [0.3, 0.4) is 0 Å². The van der Waals surface area contributed by atoms with Crippen LogP contribution in [0.2, 0.25) is 0 Å². The van der Waals surface area contributed by atoms with Crippen molar-refractivity contribution >= 4 is 5.69 Å². The molecule has 1 N–H and O–H groups in total. The van der Waals surface area contributed by atoms with E-state index in [1.165, 1.54) is 11.3 Å². The number of nitrogens with one attached hydrogen (secondary N) is 1. The number of aryl methyl sites for hydroxylation is 1. The van der Waals surface area contributed by atoms with Crippen molar-refractivity contribution in [1.29, 1.82) is 0 Å². The Morgan fingerprint density at radius 3 is 3.05 bits per heavy atom. The molecule has 1 aliphatic rings. The lowest BCUT2D eigenvalue weighted by Gasteiger charge is -2.22. The lowest BCUT2D eigenvalue weighted by Crippen LogP contribution is -2.25. The Hall–Kier alpha value is -1.13. The average molecular weight is 263 g/mol. The second kappa shape index (κ2) is 6.87. The molecule has 4 heteroatoms. The summed E-state index contributed by atoms with van der Waals surface area (Å²) in [6, 6.07) is 2.20. The number of ether oxygens (including phenoxy) is 1. The van der Waals surface area contributed by atoms with Gasteiger partial charge in [-0.2, -0.15) is 0 Å². The van der Waals surface area contributed by atoms with Crippen molar-refractivity contribution in [2.75, 3.05) is 31.6 Å². The van der Waals surface area contributed by atoms with Crippen LogP contribution in [0.25, 0.3) is 0 Å². The zero-order chi connectivity index (χ0) is 13.7. The molecule has 0 spiro atoms.